The second kappa shape index (κ2) is 8.77. The topological polar surface area (TPSA) is 32.8 Å². The zero-order valence-corrected chi connectivity index (χ0v) is 15.0. The van der Waals surface area contributed by atoms with E-state index < -0.39 is 0 Å². The quantitative estimate of drug-likeness (QED) is 0.583. The Labute approximate surface area is 154 Å². The van der Waals surface area contributed by atoms with Gasteiger partial charge < -0.3 is 14.5 Å². The van der Waals surface area contributed by atoms with Crippen molar-refractivity contribution >= 4 is 23.2 Å². The molecule has 5 heteroatoms. The smallest absolute Gasteiger partial charge is 0.253 e. The SMILES string of the molecule is O=C(c1ccccc1)N1CCN(c2ccc(OCCCCl)cc2)CC1. The van der Waals surface area contributed by atoms with Crippen molar-refractivity contribution in [2.24, 2.45) is 0 Å². The molecular formula is C20H23ClN2O2. The normalized spacial score (nSPS) is 14.4. The lowest BCUT2D eigenvalue weighted by Crippen LogP contribution is -2.48. The second-order valence-corrected chi connectivity index (χ2v) is 6.41. The molecule has 3 rings (SSSR count). The highest BCUT2D eigenvalue weighted by Gasteiger charge is 2.22. The monoisotopic (exact) mass is 358 g/mol. The van der Waals surface area contributed by atoms with Gasteiger partial charge in [0.25, 0.3) is 5.91 Å². The van der Waals surface area contributed by atoms with Crippen LogP contribution < -0.4 is 9.64 Å². The third kappa shape index (κ3) is 4.67. The highest BCUT2D eigenvalue weighted by molar-refractivity contribution is 6.17. The fourth-order valence-electron chi connectivity index (χ4n) is 2.93. The molecule has 132 valence electrons. The van der Waals surface area contributed by atoms with Crippen LogP contribution in [0.1, 0.15) is 16.8 Å². The van der Waals surface area contributed by atoms with Crippen molar-refractivity contribution in [3.8, 4) is 5.75 Å². The zero-order chi connectivity index (χ0) is 17.5. The summed E-state index contributed by atoms with van der Waals surface area (Å²) in [6.07, 6.45) is 0.848. The number of amides is 1. The number of halogens is 1. The summed E-state index contributed by atoms with van der Waals surface area (Å²) in [6, 6.07) is 17.6. The Hall–Kier alpha value is -2.20. The van der Waals surface area contributed by atoms with Gasteiger partial charge in [-0.2, -0.15) is 0 Å². The first-order valence-corrected chi connectivity index (χ1v) is 9.19. The number of piperazine rings is 1. The van der Waals surface area contributed by atoms with Gasteiger partial charge in [-0.1, -0.05) is 18.2 Å². The molecule has 25 heavy (non-hydrogen) atoms. The average Bonchev–Trinajstić information content (AvgIpc) is 2.69. The van der Waals surface area contributed by atoms with Crippen LogP contribution in [0.3, 0.4) is 0 Å². The molecule has 0 atom stereocenters. The maximum absolute atomic E-state index is 12.5. The first-order valence-electron chi connectivity index (χ1n) is 8.66. The van der Waals surface area contributed by atoms with Crippen molar-refractivity contribution in [3.63, 3.8) is 0 Å². The Morgan fingerprint density at radius 3 is 2.28 bits per heavy atom. The number of alkyl halides is 1. The Balaban J connectivity index is 1.53. The fourth-order valence-corrected chi connectivity index (χ4v) is 3.04. The van der Waals surface area contributed by atoms with Crippen LogP contribution >= 0.6 is 11.6 Å². The Morgan fingerprint density at radius 2 is 1.64 bits per heavy atom. The lowest BCUT2D eigenvalue weighted by molar-refractivity contribution is 0.0747. The summed E-state index contributed by atoms with van der Waals surface area (Å²) in [4.78, 5) is 16.7. The van der Waals surface area contributed by atoms with Crippen LogP contribution in [0.25, 0.3) is 0 Å². The van der Waals surface area contributed by atoms with Crippen molar-refractivity contribution in [1.82, 2.24) is 4.90 Å². The van der Waals surface area contributed by atoms with Gasteiger partial charge in [0.05, 0.1) is 6.61 Å². The molecule has 0 spiro atoms. The van der Waals surface area contributed by atoms with E-state index in [9.17, 15) is 4.79 Å². The highest BCUT2D eigenvalue weighted by Crippen LogP contribution is 2.21. The van der Waals surface area contributed by atoms with Gasteiger partial charge in [-0.3, -0.25) is 4.79 Å². The zero-order valence-electron chi connectivity index (χ0n) is 14.2. The summed E-state index contributed by atoms with van der Waals surface area (Å²) in [6.45, 7) is 3.79. The first kappa shape index (κ1) is 17.6. The molecule has 1 amide bonds. The minimum atomic E-state index is 0.114. The van der Waals surface area contributed by atoms with E-state index in [1.165, 1.54) is 0 Å². The number of rotatable bonds is 6. The molecule has 0 radical (unpaired) electrons. The third-order valence-electron chi connectivity index (χ3n) is 4.34. The number of anilines is 1. The minimum absolute atomic E-state index is 0.114. The summed E-state index contributed by atoms with van der Waals surface area (Å²) in [7, 11) is 0. The maximum atomic E-state index is 12.5. The molecule has 2 aromatic carbocycles. The minimum Gasteiger partial charge on any atom is -0.494 e. The average molecular weight is 359 g/mol. The van der Waals surface area contributed by atoms with Gasteiger partial charge in [-0.15, -0.1) is 11.6 Å². The number of hydrogen-bond acceptors (Lipinski definition) is 3. The Bertz CT molecular complexity index is 668. The van der Waals surface area contributed by atoms with Crippen LogP contribution in [-0.2, 0) is 0 Å². The van der Waals surface area contributed by atoms with E-state index in [0.717, 1.165) is 49.6 Å². The molecule has 0 aromatic heterocycles. The molecular weight excluding hydrogens is 336 g/mol. The third-order valence-corrected chi connectivity index (χ3v) is 4.60. The molecule has 1 saturated heterocycles. The summed E-state index contributed by atoms with van der Waals surface area (Å²) < 4.78 is 5.63. The van der Waals surface area contributed by atoms with E-state index in [-0.39, 0.29) is 5.91 Å². The van der Waals surface area contributed by atoms with E-state index in [0.29, 0.717) is 12.5 Å². The Kier molecular flexibility index (Phi) is 6.18. The predicted octanol–water partition coefficient (Wildman–Crippen LogP) is 3.66. The molecule has 1 heterocycles. The van der Waals surface area contributed by atoms with Crippen LogP contribution in [-0.4, -0.2) is 49.5 Å². The Morgan fingerprint density at radius 1 is 0.960 bits per heavy atom. The predicted molar refractivity (Wildman–Crippen MR) is 102 cm³/mol. The summed E-state index contributed by atoms with van der Waals surface area (Å²) >= 11 is 5.65. The molecule has 0 unspecified atom stereocenters. The van der Waals surface area contributed by atoms with Crippen LogP contribution in [0.15, 0.2) is 54.6 Å². The van der Waals surface area contributed by atoms with Crippen molar-refractivity contribution < 1.29 is 9.53 Å². The van der Waals surface area contributed by atoms with Gasteiger partial charge >= 0.3 is 0 Å². The maximum Gasteiger partial charge on any atom is 0.253 e. The lowest BCUT2D eigenvalue weighted by Gasteiger charge is -2.36. The molecule has 1 aliphatic rings. The van der Waals surface area contributed by atoms with E-state index in [1.54, 1.807) is 0 Å². The van der Waals surface area contributed by atoms with Crippen molar-refractivity contribution in [1.29, 1.82) is 0 Å². The molecule has 0 bridgehead atoms. The van der Waals surface area contributed by atoms with Gasteiger partial charge in [-0.05, 0) is 42.8 Å². The molecule has 4 nitrogen and oxygen atoms in total. The van der Waals surface area contributed by atoms with Crippen molar-refractivity contribution in [2.75, 3.05) is 43.6 Å². The van der Waals surface area contributed by atoms with E-state index in [1.807, 2.05) is 47.4 Å². The molecule has 1 aliphatic heterocycles. The summed E-state index contributed by atoms with van der Waals surface area (Å²) in [5.74, 6) is 1.60. The second-order valence-electron chi connectivity index (χ2n) is 6.03. The van der Waals surface area contributed by atoms with Gasteiger partial charge in [0.2, 0.25) is 0 Å². The number of hydrogen-bond donors (Lipinski definition) is 0. The van der Waals surface area contributed by atoms with Crippen LogP contribution in [0.5, 0.6) is 5.75 Å². The van der Waals surface area contributed by atoms with Crippen LogP contribution in [0, 0.1) is 0 Å². The summed E-state index contributed by atoms with van der Waals surface area (Å²) in [5, 5.41) is 0. The van der Waals surface area contributed by atoms with Gasteiger partial charge in [0.1, 0.15) is 5.75 Å². The highest BCUT2D eigenvalue weighted by atomic mass is 35.5. The van der Waals surface area contributed by atoms with E-state index in [4.69, 9.17) is 16.3 Å². The summed E-state index contributed by atoms with van der Waals surface area (Å²) in [5.41, 5.74) is 1.92. The van der Waals surface area contributed by atoms with Gasteiger partial charge in [-0.25, -0.2) is 0 Å². The standard InChI is InChI=1S/C20H23ClN2O2/c21-11-4-16-25-19-9-7-18(8-10-19)22-12-14-23(15-13-22)20(24)17-5-2-1-3-6-17/h1-3,5-10H,4,11-16H2. The molecule has 0 saturated carbocycles. The van der Waals surface area contributed by atoms with E-state index >= 15 is 0 Å². The van der Waals surface area contributed by atoms with Crippen molar-refractivity contribution in [2.45, 2.75) is 6.42 Å². The van der Waals surface area contributed by atoms with Crippen molar-refractivity contribution in [3.05, 3.63) is 60.2 Å². The number of ether oxygens (including phenoxy) is 1. The largest absolute Gasteiger partial charge is 0.494 e. The van der Waals surface area contributed by atoms with E-state index in [2.05, 4.69) is 17.0 Å². The molecule has 1 fully saturated rings. The van der Waals surface area contributed by atoms with Gasteiger partial charge in [0.15, 0.2) is 0 Å². The molecule has 0 N–H and O–H groups in total. The first-order chi connectivity index (χ1) is 12.3. The van der Waals surface area contributed by atoms with Crippen LogP contribution in [0.4, 0.5) is 5.69 Å². The van der Waals surface area contributed by atoms with Crippen LogP contribution in [0.2, 0.25) is 0 Å². The molecule has 0 aliphatic carbocycles. The number of benzene rings is 2. The van der Waals surface area contributed by atoms with Gasteiger partial charge in [0, 0.05) is 43.3 Å². The number of nitrogens with zero attached hydrogens (tertiary/aromatic N) is 2. The number of carbonyl (C=O) groups excluding carboxylic acids is 1. The number of carbonyl (C=O) groups is 1. The molecule has 2 aromatic rings. The lowest BCUT2D eigenvalue weighted by atomic mass is 10.1. The fraction of sp³-hybridized carbons (Fsp3) is 0.350.